The number of nitrogens with zero attached hydrogens (tertiary/aromatic N) is 4. The first-order valence-corrected chi connectivity index (χ1v) is 7.20. The van der Waals surface area contributed by atoms with Gasteiger partial charge < -0.3 is 25.8 Å². The molecule has 4 N–H and O–H groups in total. The van der Waals surface area contributed by atoms with E-state index in [2.05, 4.69) is 15.0 Å². The summed E-state index contributed by atoms with van der Waals surface area (Å²) < 4.78 is 9.98. The number of aromatic nitrogens is 3. The molecular weight excluding hydrogens is 296 g/mol. The molecule has 0 radical (unpaired) electrons. The zero-order valence-electron chi connectivity index (χ0n) is 12.1. The second kappa shape index (κ2) is 9.32. The molecule has 0 aliphatic rings. The summed E-state index contributed by atoms with van der Waals surface area (Å²) in [6.07, 6.45) is 0. The molecule has 0 unspecified atom stereocenters. The molecule has 1 aromatic heterocycles. The highest BCUT2D eigenvalue weighted by atomic mass is 32.2. The fourth-order valence-corrected chi connectivity index (χ4v) is 2.19. The van der Waals surface area contributed by atoms with Gasteiger partial charge in [-0.1, -0.05) is 11.8 Å². The summed E-state index contributed by atoms with van der Waals surface area (Å²) in [5.41, 5.74) is 10.9. The van der Waals surface area contributed by atoms with Gasteiger partial charge in [-0.25, -0.2) is 0 Å². The third-order valence-corrected chi connectivity index (χ3v) is 3.29. The second-order valence-corrected chi connectivity index (χ2v) is 4.93. The Balaban J connectivity index is 2.55. The lowest BCUT2D eigenvalue weighted by Gasteiger charge is -2.21. The predicted molar refractivity (Wildman–Crippen MR) is 79.7 cm³/mol. The number of carbonyl (C=O) groups excluding carboxylic acids is 1. The highest BCUT2D eigenvalue weighted by Crippen LogP contribution is 2.15. The van der Waals surface area contributed by atoms with Crippen molar-refractivity contribution >= 4 is 29.6 Å². The Hall–Kier alpha value is -1.65. The summed E-state index contributed by atoms with van der Waals surface area (Å²) in [5.74, 6) is 0.184. The number of anilines is 2. The van der Waals surface area contributed by atoms with E-state index in [1.54, 1.807) is 19.1 Å². The van der Waals surface area contributed by atoms with E-state index in [1.807, 2.05) is 0 Å². The summed E-state index contributed by atoms with van der Waals surface area (Å²) in [5, 5.41) is 0.326. The van der Waals surface area contributed by atoms with Crippen LogP contribution in [0.3, 0.4) is 0 Å². The van der Waals surface area contributed by atoms with Gasteiger partial charge in [-0.05, 0) is 0 Å². The van der Waals surface area contributed by atoms with Crippen molar-refractivity contribution in [1.82, 2.24) is 19.9 Å². The van der Waals surface area contributed by atoms with Crippen LogP contribution in [0.2, 0.25) is 0 Å². The molecule has 118 valence electrons. The quantitative estimate of drug-likeness (QED) is 0.565. The Bertz CT molecular complexity index is 433. The first-order valence-electron chi connectivity index (χ1n) is 6.22. The number of rotatable bonds is 9. The SMILES string of the molecule is COCCN(CCOC)C(=O)CSc1nc(N)nc(N)n1. The molecule has 1 aromatic rings. The molecule has 1 amide bonds. The Labute approximate surface area is 127 Å². The van der Waals surface area contributed by atoms with Crippen LogP contribution in [0, 0.1) is 0 Å². The number of nitrogen functional groups attached to an aromatic ring is 2. The van der Waals surface area contributed by atoms with Gasteiger partial charge in [-0.15, -0.1) is 0 Å². The van der Waals surface area contributed by atoms with E-state index in [0.717, 1.165) is 11.8 Å². The maximum atomic E-state index is 12.2. The third-order valence-electron chi connectivity index (χ3n) is 2.46. The van der Waals surface area contributed by atoms with Crippen molar-refractivity contribution in [3.8, 4) is 0 Å². The maximum absolute atomic E-state index is 12.2. The van der Waals surface area contributed by atoms with Crippen LogP contribution >= 0.6 is 11.8 Å². The van der Waals surface area contributed by atoms with Crippen LogP contribution in [0.15, 0.2) is 5.16 Å². The van der Waals surface area contributed by atoms with Gasteiger partial charge in [0.25, 0.3) is 0 Å². The largest absolute Gasteiger partial charge is 0.383 e. The summed E-state index contributed by atoms with van der Waals surface area (Å²) in [6.45, 7) is 1.93. The Kier molecular flexibility index (Phi) is 7.72. The monoisotopic (exact) mass is 316 g/mol. The van der Waals surface area contributed by atoms with Gasteiger partial charge in [0.15, 0.2) is 5.16 Å². The Morgan fingerprint density at radius 3 is 2.10 bits per heavy atom. The van der Waals surface area contributed by atoms with Gasteiger partial charge in [-0.2, -0.15) is 15.0 Å². The lowest BCUT2D eigenvalue weighted by molar-refractivity contribution is -0.129. The smallest absolute Gasteiger partial charge is 0.233 e. The fraction of sp³-hybridized carbons (Fsp3) is 0.636. The molecule has 0 aromatic carbocycles. The van der Waals surface area contributed by atoms with E-state index in [4.69, 9.17) is 20.9 Å². The zero-order chi connectivity index (χ0) is 15.7. The van der Waals surface area contributed by atoms with Gasteiger partial charge in [-0.3, -0.25) is 4.79 Å². The Morgan fingerprint density at radius 1 is 1.10 bits per heavy atom. The first kappa shape index (κ1) is 17.4. The van der Waals surface area contributed by atoms with Crippen LogP contribution in [-0.2, 0) is 14.3 Å². The minimum atomic E-state index is -0.0633. The van der Waals surface area contributed by atoms with E-state index in [0.29, 0.717) is 31.5 Å². The van der Waals surface area contributed by atoms with E-state index in [9.17, 15) is 4.79 Å². The maximum Gasteiger partial charge on any atom is 0.233 e. The van der Waals surface area contributed by atoms with Crippen LogP contribution in [-0.4, -0.2) is 72.0 Å². The summed E-state index contributed by atoms with van der Waals surface area (Å²) in [7, 11) is 3.17. The van der Waals surface area contributed by atoms with Crippen molar-refractivity contribution in [2.45, 2.75) is 5.16 Å². The molecule has 0 fully saturated rings. The van der Waals surface area contributed by atoms with Crippen molar-refractivity contribution in [3.05, 3.63) is 0 Å². The lowest BCUT2D eigenvalue weighted by atomic mass is 10.4. The molecule has 1 rings (SSSR count). The minimum absolute atomic E-state index is 0.0353. The average molecular weight is 316 g/mol. The number of amides is 1. The van der Waals surface area contributed by atoms with Gasteiger partial charge in [0.1, 0.15) is 0 Å². The molecule has 1 heterocycles. The van der Waals surface area contributed by atoms with Crippen LogP contribution < -0.4 is 11.5 Å². The van der Waals surface area contributed by atoms with Gasteiger partial charge in [0.05, 0.1) is 19.0 Å². The van der Waals surface area contributed by atoms with E-state index in [1.165, 1.54) is 0 Å². The lowest BCUT2D eigenvalue weighted by Crippen LogP contribution is -2.37. The summed E-state index contributed by atoms with van der Waals surface area (Å²) in [4.78, 5) is 25.3. The highest BCUT2D eigenvalue weighted by molar-refractivity contribution is 7.99. The molecule has 0 saturated carbocycles. The van der Waals surface area contributed by atoms with Crippen molar-refractivity contribution in [2.24, 2.45) is 0 Å². The molecule has 10 heteroatoms. The first-order chi connectivity index (χ1) is 10.1. The standard InChI is InChI=1S/C11H20N6O3S/c1-19-5-3-17(4-6-20-2)8(18)7-21-11-15-9(12)14-10(13)16-11/h3-7H2,1-2H3,(H4,12,13,14,15,16). The normalized spacial score (nSPS) is 10.6. The van der Waals surface area contributed by atoms with Crippen molar-refractivity contribution in [3.63, 3.8) is 0 Å². The molecule has 0 aliphatic carbocycles. The van der Waals surface area contributed by atoms with Crippen LogP contribution in [0.1, 0.15) is 0 Å². The Morgan fingerprint density at radius 2 is 1.62 bits per heavy atom. The third kappa shape index (κ3) is 6.56. The molecule has 9 nitrogen and oxygen atoms in total. The zero-order valence-corrected chi connectivity index (χ0v) is 12.9. The molecule has 0 aliphatic heterocycles. The molecular formula is C11H20N6O3S. The number of thioether (sulfide) groups is 1. The molecule has 21 heavy (non-hydrogen) atoms. The number of carbonyl (C=O) groups is 1. The highest BCUT2D eigenvalue weighted by Gasteiger charge is 2.14. The van der Waals surface area contributed by atoms with Crippen molar-refractivity contribution in [2.75, 3.05) is 57.7 Å². The predicted octanol–water partition coefficient (Wildman–Crippen LogP) is -0.750. The van der Waals surface area contributed by atoms with E-state index < -0.39 is 0 Å². The molecule has 0 spiro atoms. The molecule has 0 atom stereocenters. The van der Waals surface area contributed by atoms with Crippen molar-refractivity contribution < 1.29 is 14.3 Å². The molecule has 0 bridgehead atoms. The average Bonchev–Trinajstić information content (AvgIpc) is 2.44. The topological polar surface area (TPSA) is 129 Å². The van der Waals surface area contributed by atoms with Gasteiger partial charge >= 0.3 is 0 Å². The van der Waals surface area contributed by atoms with Crippen LogP contribution in [0.4, 0.5) is 11.9 Å². The number of hydrogen-bond donors (Lipinski definition) is 2. The van der Waals surface area contributed by atoms with Crippen LogP contribution in [0.5, 0.6) is 0 Å². The van der Waals surface area contributed by atoms with E-state index in [-0.39, 0.29) is 23.6 Å². The van der Waals surface area contributed by atoms with Gasteiger partial charge in [0.2, 0.25) is 17.8 Å². The minimum Gasteiger partial charge on any atom is -0.383 e. The fourth-order valence-electron chi connectivity index (χ4n) is 1.43. The van der Waals surface area contributed by atoms with E-state index >= 15 is 0 Å². The summed E-state index contributed by atoms with van der Waals surface area (Å²) in [6, 6.07) is 0. The number of hydrogen-bond acceptors (Lipinski definition) is 9. The van der Waals surface area contributed by atoms with Crippen LogP contribution in [0.25, 0.3) is 0 Å². The van der Waals surface area contributed by atoms with Crippen molar-refractivity contribution in [1.29, 1.82) is 0 Å². The second-order valence-electron chi connectivity index (χ2n) is 3.99. The number of ether oxygens (including phenoxy) is 2. The van der Waals surface area contributed by atoms with Gasteiger partial charge in [0, 0.05) is 27.3 Å². The number of methoxy groups -OCH3 is 2. The molecule has 0 saturated heterocycles. The number of nitrogens with two attached hydrogens (primary N) is 2. The summed E-state index contributed by atoms with van der Waals surface area (Å²) >= 11 is 1.16.